The summed E-state index contributed by atoms with van der Waals surface area (Å²) < 4.78 is 5.71. The Hall–Kier alpha value is -2.24. The van der Waals surface area contributed by atoms with Crippen molar-refractivity contribution in [3.63, 3.8) is 0 Å². The molecule has 1 heterocycles. The van der Waals surface area contributed by atoms with Crippen LogP contribution in [0.3, 0.4) is 0 Å². The van der Waals surface area contributed by atoms with E-state index in [9.17, 15) is 9.59 Å². The summed E-state index contributed by atoms with van der Waals surface area (Å²) in [6.45, 7) is 0.359. The highest BCUT2D eigenvalue weighted by Crippen LogP contribution is 2.32. The second-order valence-corrected chi connectivity index (χ2v) is 5.56. The molecule has 1 aromatic carbocycles. The van der Waals surface area contributed by atoms with Gasteiger partial charge in [-0.2, -0.15) is 0 Å². The lowest BCUT2D eigenvalue weighted by Crippen LogP contribution is -2.49. The Kier molecular flexibility index (Phi) is 3.68. The van der Waals surface area contributed by atoms with Gasteiger partial charge in [0.05, 0.1) is 6.54 Å². The van der Waals surface area contributed by atoms with Crippen molar-refractivity contribution in [1.82, 2.24) is 10.6 Å². The highest BCUT2D eigenvalue weighted by atomic mass is 16.5. The van der Waals surface area contributed by atoms with Gasteiger partial charge in [0.1, 0.15) is 17.9 Å². The number of fused-ring (bicyclic) bond motifs is 1. The summed E-state index contributed by atoms with van der Waals surface area (Å²) in [7, 11) is 0. The third kappa shape index (κ3) is 3.26. The van der Waals surface area contributed by atoms with E-state index >= 15 is 0 Å². The largest absolute Gasteiger partial charge is 0.488 e. The van der Waals surface area contributed by atoms with Crippen molar-refractivity contribution in [2.75, 3.05) is 6.54 Å². The molecule has 112 valence electrons. The van der Waals surface area contributed by atoms with E-state index in [1.807, 2.05) is 24.3 Å². The Labute approximate surface area is 122 Å². The maximum atomic E-state index is 11.8. The minimum absolute atomic E-state index is 0.0697. The molecule has 0 spiro atoms. The number of para-hydroxylation sites is 1. The number of ether oxygens (including phenoxy) is 1. The zero-order valence-corrected chi connectivity index (χ0v) is 11.5. The van der Waals surface area contributed by atoms with Gasteiger partial charge in [-0.25, -0.2) is 9.59 Å². The van der Waals surface area contributed by atoms with E-state index in [1.54, 1.807) is 0 Å². The Balaban J connectivity index is 1.45. The van der Waals surface area contributed by atoms with Crippen molar-refractivity contribution in [3.8, 4) is 5.75 Å². The number of hydrogen-bond acceptors (Lipinski definition) is 3. The monoisotopic (exact) mass is 290 g/mol. The van der Waals surface area contributed by atoms with Crippen LogP contribution in [0.25, 0.3) is 0 Å². The molecule has 2 amide bonds. The standard InChI is InChI=1S/C15H18N2O4/c18-14(19)13(9-5-6-9)17-15(20)16-8-11-7-10-3-1-2-4-12(10)21-11/h1-4,9,11,13H,5-8H2,(H,18,19)(H2,16,17,20). The fourth-order valence-electron chi connectivity index (χ4n) is 2.58. The average molecular weight is 290 g/mol. The van der Waals surface area contributed by atoms with Gasteiger partial charge >= 0.3 is 12.0 Å². The molecule has 1 aliphatic heterocycles. The van der Waals surface area contributed by atoms with E-state index in [1.165, 1.54) is 0 Å². The fourth-order valence-corrected chi connectivity index (χ4v) is 2.58. The summed E-state index contributed by atoms with van der Waals surface area (Å²) in [5.41, 5.74) is 1.13. The van der Waals surface area contributed by atoms with Crippen molar-refractivity contribution in [3.05, 3.63) is 29.8 Å². The summed E-state index contributed by atoms with van der Waals surface area (Å²) >= 11 is 0. The predicted molar refractivity (Wildman–Crippen MR) is 75.2 cm³/mol. The molecule has 6 nitrogen and oxygen atoms in total. The van der Waals surface area contributed by atoms with E-state index in [4.69, 9.17) is 9.84 Å². The van der Waals surface area contributed by atoms with Crippen molar-refractivity contribution in [2.24, 2.45) is 5.92 Å². The molecule has 2 unspecified atom stereocenters. The van der Waals surface area contributed by atoms with Crippen LogP contribution >= 0.6 is 0 Å². The van der Waals surface area contributed by atoms with Crippen molar-refractivity contribution >= 4 is 12.0 Å². The second-order valence-electron chi connectivity index (χ2n) is 5.56. The maximum Gasteiger partial charge on any atom is 0.326 e. The topological polar surface area (TPSA) is 87.7 Å². The lowest BCUT2D eigenvalue weighted by Gasteiger charge is -2.16. The van der Waals surface area contributed by atoms with Crippen LogP contribution in [0.15, 0.2) is 24.3 Å². The molecule has 1 saturated carbocycles. The molecule has 6 heteroatoms. The number of carbonyl (C=O) groups is 2. The van der Waals surface area contributed by atoms with Crippen LogP contribution in [-0.2, 0) is 11.2 Å². The fraction of sp³-hybridized carbons (Fsp3) is 0.467. The number of carbonyl (C=O) groups excluding carboxylic acids is 1. The molecule has 0 aromatic heterocycles. The summed E-state index contributed by atoms with van der Waals surface area (Å²) in [4.78, 5) is 22.8. The first-order valence-corrected chi connectivity index (χ1v) is 7.15. The Bertz CT molecular complexity index is 531. The highest BCUT2D eigenvalue weighted by molar-refractivity contribution is 5.83. The molecule has 3 rings (SSSR count). The van der Waals surface area contributed by atoms with Crippen LogP contribution in [0.2, 0.25) is 0 Å². The minimum Gasteiger partial charge on any atom is -0.488 e. The Morgan fingerprint density at radius 1 is 1.33 bits per heavy atom. The van der Waals surface area contributed by atoms with Crippen LogP contribution in [0.1, 0.15) is 18.4 Å². The van der Waals surface area contributed by atoms with Gasteiger partial charge in [-0.1, -0.05) is 18.2 Å². The third-order valence-corrected chi connectivity index (χ3v) is 3.85. The lowest BCUT2D eigenvalue weighted by molar-refractivity contribution is -0.139. The number of nitrogens with one attached hydrogen (secondary N) is 2. The zero-order valence-electron chi connectivity index (χ0n) is 11.5. The summed E-state index contributed by atoms with van der Waals surface area (Å²) in [5, 5.41) is 14.3. The molecule has 2 aliphatic rings. The van der Waals surface area contributed by atoms with Gasteiger partial charge < -0.3 is 20.5 Å². The SMILES string of the molecule is O=C(NCC1Cc2ccccc2O1)NC(C(=O)O)C1CC1. The molecule has 0 bridgehead atoms. The number of carboxylic acid groups (broad SMARTS) is 1. The van der Waals surface area contributed by atoms with Crippen LogP contribution in [0.5, 0.6) is 5.75 Å². The minimum atomic E-state index is -0.975. The van der Waals surface area contributed by atoms with Gasteiger partial charge in [0.2, 0.25) is 0 Å². The number of carboxylic acids is 1. The van der Waals surface area contributed by atoms with E-state index in [-0.39, 0.29) is 12.0 Å². The molecular weight excluding hydrogens is 272 g/mol. The maximum absolute atomic E-state index is 11.8. The summed E-state index contributed by atoms with van der Waals surface area (Å²) in [6.07, 6.45) is 2.37. The molecule has 1 fully saturated rings. The summed E-state index contributed by atoms with van der Waals surface area (Å²) in [6, 6.07) is 6.54. The number of rotatable bonds is 5. The number of hydrogen-bond donors (Lipinski definition) is 3. The van der Waals surface area contributed by atoms with Gasteiger partial charge in [0.25, 0.3) is 0 Å². The zero-order chi connectivity index (χ0) is 14.8. The van der Waals surface area contributed by atoms with Gasteiger partial charge in [-0.05, 0) is 30.4 Å². The van der Waals surface area contributed by atoms with Gasteiger partial charge in [-0.15, -0.1) is 0 Å². The molecule has 21 heavy (non-hydrogen) atoms. The van der Waals surface area contributed by atoms with E-state index in [0.29, 0.717) is 6.54 Å². The van der Waals surface area contributed by atoms with Crippen molar-refractivity contribution < 1.29 is 19.4 Å². The van der Waals surface area contributed by atoms with Crippen LogP contribution in [0.4, 0.5) is 4.79 Å². The highest BCUT2D eigenvalue weighted by Gasteiger charge is 2.37. The van der Waals surface area contributed by atoms with E-state index in [2.05, 4.69) is 10.6 Å². The molecule has 2 atom stereocenters. The first-order valence-electron chi connectivity index (χ1n) is 7.15. The molecule has 0 saturated heterocycles. The molecule has 1 aromatic rings. The molecule has 3 N–H and O–H groups in total. The van der Waals surface area contributed by atoms with Crippen molar-refractivity contribution in [2.45, 2.75) is 31.4 Å². The van der Waals surface area contributed by atoms with Crippen molar-refractivity contribution in [1.29, 1.82) is 0 Å². The normalized spacial score (nSPS) is 21.0. The van der Waals surface area contributed by atoms with Crippen LogP contribution < -0.4 is 15.4 Å². The first kappa shape index (κ1) is 13.7. The second kappa shape index (κ2) is 5.63. The van der Waals surface area contributed by atoms with E-state index in [0.717, 1.165) is 30.6 Å². The predicted octanol–water partition coefficient (Wildman–Crippen LogP) is 1.15. The third-order valence-electron chi connectivity index (χ3n) is 3.85. The molecule has 1 aliphatic carbocycles. The first-order chi connectivity index (χ1) is 10.1. The van der Waals surface area contributed by atoms with Crippen LogP contribution in [-0.4, -0.2) is 35.8 Å². The smallest absolute Gasteiger partial charge is 0.326 e. The van der Waals surface area contributed by atoms with Gasteiger partial charge in [0.15, 0.2) is 0 Å². The quantitative estimate of drug-likeness (QED) is 0.759. The lowest BCUT2D eigenvalue weighted by atomic mass is 10.1. The Morgan fingerprint density at radius 3 is 2.76 bits per heavy atom. The number of benzene rings is 1. The van der Waals surface area contributed by atoms with Gasteiger partial charge in [0, 0.05) is 6.42 Å². The van der Waals surface area contributed by atoms with Crippen LogP contribution in [0, 0.1) is 5.92 Å². The molecular formula is C15H18N2O4. The Morgan fingerprint density at radius 2 is 2.10 bits per heavy atom. The number of aliphatic carboxylic acids is 1. The van der Waals surface area contributed by atoms with Gasteiger partial charge in [-0.3, -0.25) is 0 Å². The van der Waals surface area contributed by atoms with E-state index < -0.39 is 18.0 Å². The molecule has 0 radical (unpaired) electrons. The number of amides is 2. The average Bonchev–Trinajstić information content (AvgIpc) is 3.20. The number of urea groups is 1. The summed E-state index contributed by atoms with van der Waals surface area (Å²) in [5.74, 6) is -0.0523.